The van der Waals surface area contributed by atoms with E-state index in [2.05, 4.69) is 15.2 Å². The van der Waals surface area contributed by atoms with Crippen LogP contribution in [-0.2, 0) is 11.0 Å². The van der Waals surface area contributed by atoms with E-state index in [0.29, 0.717) is 18.0 Å². The first kappa shape index (κ1) is 18.0. The van der Waals surface area contributed by atoms with E-state index in [1.54, 1.807) is 6.07 Å². The van der Waals surface area contributed by atoms with Crippen molar-refractivity contribution in [3.63, 3.8) is 0 Å². The molecule has 0 aliphatic carbocycles. The molecule has 0 bridgehead atoms. The first-order valence-electron chi connectivity index (χ1n) is 8.43. The van der Waals surface area contributed by atoms with Gasteiger partial charge < -0.3 is 9.57 Å². The molecule has 0 fully saturated rings. The highest BCUT2D eigenvalue weighted by Gasteiger charge is 2.31. The zero-order valence-electron chi connectivity index (χ0n) is 14.7. The van der Waals surface area contributed by atoms with Crippen molar-refractivity contribution in [2.45, 2.75) is 25.6 Å². The predicted octanol–water partition coefficient (Wildman–Crippen LogP) is 4.72. The fourth-order valence-electron chi connectivity index (χ4n) is 2.81. The Morgan fingerprint density at radius 2 is 2.04 bits per heavy atom. The Kier molecular flexibility index (Phi) is 4.50. The molecule has 1 aliphatic rings. The van der Waals surface area contributed by atoms with Crippen molar-refractivity contribution >= 4 is 5.84 Å². The number of oxime groups is 1. The maximum atomic E-state index is 12.9. The second-order valence-electron chi connectivity index (χ2n) is 6.30. The number of ether oxygens (including phenoxy) is 1. The molecule has 0 spiro atoms. The zero-order chi connectivity index (χ0) is 19.7. The number of benzene rings is 2. The summed E-state index contributed by atoms with van der Waals surface area (Å²) >= 11 is 0. The van der Waals surface area contributed by atoms with Gasteiger partial charge in [0.05, 0.1) is 12.0 Å². The number of hydrogen-bond donors (Lipinski definition) is 0. The lowest BCUT2D eigenvalue weighted by atomic mass is 10.0. The van der Waals surface area contributed by atoms with Crippen LogP contribution in [0.2, 0.25) is 0 Å². The summed E-state index contributed by atoms with van der Waals surface area (Å²) in [5.74, 6) is 1.18. The standard InChI is InChI=1S/C19H15F3N4O2/c1-12-5-6-13(17-9-18(25-28-17)26-11-23-10-24-26)7-16(12)27-15-4-2-3-14(8-15)19(20,21)22/h2-8,10-11,17H,9H2,1H3/t17-/m0/s1. The van der Waals surface area contributed by atoms with Crippen molar-refractivity contribution < 1.29 is 22.7 Å². The van der Waals surface area contributed by atoms with Gasteiger partial charge in [0.25, 0.3) is 0 Å². The van der Waals surface area contributed by atoms with Crippen LogP contribution >= 0.6 is 0 Å². The van der Waals surface area contributed by atoms with E-state index in [1.165, 1.54) is 29.5 Å². The van der Waals surface area contributed by atoms with Crippen LogP contribution in [0.1, 0.15) is 29.2 Å². The molecule has 2 heterocycles. The van der Waals surface area contributed by atoms with Crippen molar-refractivity contribution in [3.8, 4) is 11.5 Å². The van der Waals surface area contributed by atoms with Gasteiger partial charge in [0.2, 0.25) is 0 Å². The molecule has 9 heteroatoms. The summed E-state index contributed by atoms with van der Waals surface area (Å²) in [5, 5.41) is 8.04. The van der Waals surface area contributed by atoms with Gasteiger partial charge in [-0.15, -0.1) is 0 Å². The lowest BCUT2D eigenvalue weighted by molar-refractivity contribution is -0.137. The molecule has 1 aromatic heterocycles. The molecule has 4 rings (SSSR count). The maximum absolute atomic E-state index is 12.9. The van der Waals surface area contributed by atoms with Gasteiger partial charge in [-0.1, -0.05) is 23.4 Å². The molecule has 144 valence electrons. The molecular formula is C19H15F3N4O2. The van der Waals surface area contributed by atoms with Crippen molar-refractivity contribution in [2.24, 2.45) is 5.16 Å². The Morgan fingerprint density at radius 3 is 2.79 bits per heavy atom. The molecule has 0 amide bonds. The zero-order valence-corrected chi connectivity index (χ0v) is 14.7. The van der Waals surface area contributed by atoms with Gasteiger partial charge >= 0.3 is 6.18 Å². The van der Waals surface area contributed by atoms with Gasteiger partial charge in [0, 0.05) is 0 Å². The Bertz CT molecular complexity index is 1020. The summed E-state index contributed by atoms with van der Waals surface area (Å²) in [4.78, 5) is 9.36. The van der Waals surface area contributed by atoms with Gasteiger partial charge in [-0.2, -0.15) is 18.3 Å². The van der Waals surface area contributed by atoms with Crippen LogP contribution in [0.5, 0.6) is 11.5 Å². The third-order valence-corrected chi connectivity index (χ3v) is 4.31. The van der Waals surface area contributed by atoms with Crippen molar-refractivity contribution in [1.82, 2.24) is 14.8 Å². The summed E-state index contributed by atoms with van der Waals surface area (Å²) in [6, 6.07) is 10.2. The Balaban J connectivity index is 1.54. The summed E-state index contributed by atoms with van der Waals surface area (Å²) in [6.45, 7) is 1.82. The quantitative estimate of drug-likeness (QED) is 0.651. The number of aromatic nitrogens is 3. The minimum absolute atomic E-state index is 0.113. The normalized spacial score (nSPS) is 16.6. The van der Waals surface area contributed by atoms with E-state index in [1.807, 2.05) is 19.1 Å². The molecule has 0 N–H and O–H groups in total. The second-order valence-corrected chi connectivity index (χ2v) is 6.30. The van der Waals surface area contributed by atoms with E-state index in [-0.39, 0.29) is 11.9 Å². The first-order valence-corrected chi connectivity index (χ1v) is 8.43. The van der Waals surface area contributed by atoms with Crippen LogP contribution < -0.4 is 4.74 Å². The summed E-state index contributed by atoms with van der Waals surface area (Å²) in [6.07, 6.45) is -1.35. The molecule has 0 radical (unpaired) electrons. The average Bonchev–Trinajstić information content (AvgIpc) is 3.34. The number of hydrogen-bond acceptors (Lipinski definition) is 5. The summed E-state index contributed by atoms with van der Waals surface area (Å²) < 4.78 is 46.0. The Hall–Kier alpha value is -3.36. The maximum Gasteiger partial charge on any atom is 0.416 e. The van der Waals surface area contributed by atoms with Crippen molar-refractivity contribution in [1.29, 1.82) is 0 Å². The molecule has 0 saturated carbocycles. The van der Waals surface area contributed by atoms with Crippen LogP contribution in [-0.4, -0.2) is 20.6 Å². The monoisotopic (exact) mass is 388 g/mol. The molecule has 1 atom stereocenters. The molecule has 2 aromatic carbocycles. The van der Waals surface area contributed by atoms with Crippen LogP contribution in [0.25, 0.3) is 0 Å². The van der Waals surface area contributed by atoms with Gasteiger partial charge in [0.1, 0.15) is 24.2 Å². The third-order valence-electron chi connectivity index (χ3n) is 4.31. The number of rotatable bonds is 3. The molecule has 0 saturated heterocycles. The SMILES string of the molecule is Cc1ccc([C@@H]2CC(n3cncn3)=NO2)cc1Oc1cccc(C(F)(F)F)c1. The highest BCUT2D eigenvalue weighted by Crippen LogP contribution is 2.35. The highest BCUT2D eigenvalue weighted by molar-refractivity contribution is 5.84. The lowest BCUT2D eigenvalue weighted by Gasteiger charge is -2.14. The van der Waals surface area contributed by atoms with Crippen LogP contribution in [0.15, 0.2) is 60.3 Å². The topological polar surface area (TPSA) is 61.5 Å². The van der Waals surface area contributed by atoms with Crippen LogP contribution in [0.3, 0.4) is 0 Å². The van der Waals surface area contributed by atoms with Crippen molar-refractivity contribution in [2.75, 3.05) is 0 Å². The van der Waals surface area contributed by atoms with Crippen molar-refractivity contribution in [3.05, 3.63) is 71.8 Å². The van der Waals surface area contributed by atoms with E-state index in [9.17, 15) is 13.2 Å². The fraction of sp³-hybridized carbons (Fsp3) is 0.211. The van der Waals surface area contributed by atoms with E-state index in [4.69, 9.17) is 9.57 Å². The predicted molar refractivity (Wildman–Crippen MR) is 94.0 cm³/mol. The molecule has 1 aliphatic heterocycles. The summed E-state index contributed by atoms with van der Waals surface area (Å²) in [7, 11) is 0. The minimum Gasteiger partial charge on any atom is -0.457 e. The largest absolute Gasteiger partial charge is 0.457 e. The number of aryl methyl sites for hydroxylation is 1. The highest BCUT2D eigenvalue weighted by atomic mass is 19.4. The fourth-order valence-corrected chi connectivity index (χ4v) is 2.81. The summed E-state index contributed by atoms with van der Waals surface area (Å²) in [5.41, 5.74) is 0.826. The van der Waals surface area contributed by atoms with Gasteiger partial charge in [0.15, 0.2) is 11.9 Å². The average molecular weight is 388 g/mol. The molecule has 0 unspecified atom stereocenters. The van der Waals surface area contributed by atoms with Gasteiger partial charge in [-0.3, -0.25) is 0 Å². The van der Waals surface area contributed by atoms with E-state index < -0.39 is 11.7 Å². The van der Waals surface area contributed by atoms with E-state index in [0.717, 1.165) is 23.3 Å². The van der Waals surface area contributed by atoms with Crippen LogP contribution in [0.4, 0.5) is 13.2 Å². The van der Waals surface area contributed by atoms with Crippen LogP contribution in [0, 0.1) is 6.92 Å². The molecule has 3 aromatic rings. The molecule has 6 nitrogen and oxygen atoms in total. The minimum atomic E-state index is -4.43. The Labute approximate surface area is 158 Å². The molecule has 28 heavy (non-hydrogen) atoms. The number of nitrogens with zero attached hydrogens (tertiary/aromatic N) is 4. The molecular weight excluding hydrogens is 373 g/mol. The second kappa shape index (κ2) is 6.99. The van der Waals surface area contributed by atoms with E-state index >= 15 is 0 Å². The third kappa shape index (κ3) is 3.68. The Morgan fingerprint density at radius 1 is 1.18 bits per heavy atom. The first-order chi connectivity index (χ1) is 13.4. The number of alkyl halides is 3. The van der Waals surface area contributed by atoms with Gasteiger partial charge in [-0.05, 0) is 42.3 Å². The smallest absolute Gasteiger partial charge is 0.416 e. The van der Waals surface area contributed by atoms with Gasteiger partial charge in [-0.25, -0.2) is 9.67 Å². The number of halogens is 3. The lowest BCUT2D eigenvalue weighted by Crippen LogP contribution is -2.11.